The molecular weight excluding hydrogens is 140 g/mol. The van der Waals surface area contributed by atoms with Crippen molar-refractivity contribution in [3.8, 4) is 0 Å². The summed E-state index contributed by atoms with van der Waals surface area (Å²) in [5.74, 6) is 0.0862. The van der Waals surface area contributed by atoms with Crippen LogP contribution in [0.5, 0.6) is 0 Å². The Morgan fingerprint density at radius 2 is 2.18 bits per heavy atom. The number of carbonyl (C=O) groups is 1. The van der Waals surface area contributed by atoms with Gasteiger partial charge in [-0.25, -0.2) is 0 Å². The van der Waals surface area contributed by atoms with Gasteiger partial charge >= 0.3 is 0 Å². The molecule has 1 aliphatic rings. The van der Waals surface area contributed by atoms with Gasteiger partial charge in [-0.3, -0.25) is 4.79 Å². The summed E-state index contributed by atoms with van der Waals surface area (Å²) in [6.07, 6.45) is 1.88. The Labute approximate surface area is 66.9 Å². The molecule has 0 saturated heterocycles. The van der Waals surface area contributed by atoms with Crippen molar-refractivity contribution >= 4 is 5.91 Å². The number of rotatable bonds is 2. The Morgan fingerprint density at radius 3 is 2.73 bits per heavy atom. The van der Waals surface area contributed by atoms with Crippen LogP contribution < -0.4 is 10.6 Å². The van der Waals surface area contributed by atoms with Gasteiger partial charge in [0.1, 0.15) is 0 Å². The normalized spacial score (nSPS) is 17.8. The van der Waals surface area contributed by atoms with Crippen LogP contribution in [0.25, 0.3) is 0 Å². The molecule has 1 amide bonds. The van der Waals surface area contributed by atoms with E-state index in [0.717, 1.165) is 24.1 Å². The van der Waals surface area contributed by atoms with Gasteiger partial charge in [0, 0.05) is 11.3 Å². The smallest absolute Gasteiger partial charge is 0.250 e. The molecule has 0 fully saturated rings. The number of hydrogen-bond donors (Lipinski definition) is 2. The Bertz CT molecular complexity index is 196. The van der Waals surface area contributed by atoms with Gasteiger partial charge in [-0.05, 0) is 13.3 Å². The second-order valence-corrected chi connectivity index (χ2v) is 2.71. The van der Waals surface area contributed by atoms with Crippen LogP contribution in [0.15, 0.2) is 11.3 Å². The van der Waals surface area contributed by atoms with Crippen LogP contribution in [0.3, 0.4) is 0 Å². The minimum absolute atomic E-state index is 0.0862. The lowest BCUT2D eigenvalue weighted by molar-refractivity contribution is -0.118. The molecule has 0 radical (unpaired) electrons. The zero-order valence-electron chi connectivity index (χ0n) is 7.03. The number of hydrogen-bond acceptors (Lipinski definition) is 2. The first-order valence-electron chi connectivity index (χ1n) is 3.97. The Balaban J connectivity index is 2.74. The second-order valence-electron chi connectivity index (χ2n) is 2.71. The van der Waals surface area contributed by atoms with Crippen LogP contribution in [0.4, 0.5) is 0 Å². The summed E-state index contributed by atoms with van der Waals surface area (Å²) >= 11 is 0. The van der Waals surface area contributed by atoms with Crippen molar-refractivity contribution in [3.05, 3.63) is 11.3 Å². The van der Waals surface area contributed by atoms with Crippen LogP contribution in [0, 0.1) is 0 Å². The number of carbonyl (C=O) groups excluding carboxylic acids is 1. The van der Waals surface area contributed by atoms with Crippen molar-refractivity contribution in [2.75, 3.05) is 6.67 Å². The molecule has 2 N–H and O–H groups in total. The van der Waals surface area contributed by atoms with E-state index < -0.39 is 0 Å². The first-order valence-corrected chi connectivity index (χ1v) is 3.97. The SMILES string of the molecule is CCCC1=C(C)NCNC1=O. The standard InChI is InChI=1S/C8H14N2O/c1-3-4-7-6(2)9-5-10-8(7)11/h9H,3-5H2,1-2H3,(H,10,11). The van der Waals surface area contributed by atoms with E-state index in [2.05, 4.69) is 17.6 Å². The lowest BCUT2D eigenvalue weighted by atomic mass is 10.1. The van der Waals surface area contributed by atoms with E-state index in [1.54, 1.807) is 0 Å². The molecule has 3 nitrogen and oxygen atoms in total. The Kier molecular flexibility index (Phi) is 2.52. The minimum atomic E-state index is 0.0862. The van der Waals surface area contributed by atoms with Crippen molar-refractivity contribution in [2.24, 2.45) is 0 Å². The summed E-state index contributed by atoms with van der Waals surface area (Å²) in [4.78, 5) is 11.2. The lowest BCUT2D eigenvalue weighted by Gasteiger charge is -2.19. The van der Waals surface area contributed by atoms with Gasteiger partial charge in [0.15, 0.2) is 0 Å². The molecule has 0 aromatic rings. The Hall–Kier alpha value is -0.990. The molecule has 0 atom stereocenters. The van der Waals surface area contributed by atoms with E-state index in [1.807, 2.05) is 6.92 Å². The molecule has 0 saturated carbocycles. The molecule has 11 heavy (non-hydrogen) atoms. The van der Waals surface area contributed by atoms with Crippen LogP contribution >= 0.6 is 0 Å². The molecule has 0 aliphatic carbocycles. The number of allylic oxidation sites excluding steroid dienone is 1. The average Bonchev–Trinajstić information content (AvgIpc) is 1.97. The van der Waals surface area contributed by atoms with E-state index in [1.165, 1.54) is 0 Å². The monoisotopic (exact) mass is 154 g/mol. The van der Waals surface area contributed by atoms with Gasteiger partial charge in [-0.15, -0.1) is 0 Å². The van der Waals surface area contributed by atoms with E-state index >= 15 is 0 Å². The van der Waals surface area contributed by atoms with E-state index in [9.17, 15) is 4.79 Å². The second kappa shape index (κ2) is 3.42. The molecule has 1 aliphatic heterocycles. The molecule has 62 valence electrons. The highest BCUT2D eigenvalue weighted by Crippen LogP contribution is 2.11. The maximum absolute atomic E-state index is 11.2. The van der Waals surface area contributed by atoms with Gasteiger partial charge in [0.05, 0.1) is 6.67 Å². The maximum Gasteiger partial charge on any atom is 0.250 e. The third-order valence-corrected chi connectivity index (χ3v) is 1.83. The fraction of sp³-hybridized carbons (Fsp3) is 0.625. The predicted molar refractivity (Wildman–Crippen MR) is 43.8 cm³/mol. The van der Waals surface area contributed by atoms with Crippen LogP contribution in [-0.4, -0.2) is 12.6 Å². The molecule has 1 rings (SSSR count). The highest BCUT2D eigenvalue weighted by atomic mass is 16.1. The number of nitrogens with one attached hydrogen (secondary N) is 2. The number of amides is 1. The van der Waals surface area contributed by atoms with Crippen molar-refractivity contribution in [2.45, 2.75) is 26.7 Å². The molecule has 1 heterocycles. The van der Waals surface area contributed by atoms with Gasteiger partial charge < -0.3 is 10.6 Å². The molecule has 0 aromatic carbocycles. The fourth-order valence-corrected chi connectivity index (χ4v) is 1.19. The summed E-state index contributed by atoms with van der Waals surface area (Å²) in [5.41, 5.74) is 1.93. The van der Waals surface area contributed by atoms with Crippen molar-refractivity contribution in [1.82, 2.24) is 10.6 Å². The summed E-state index contributed by atoms with van der Waals surface area (Å²) in [7, 11) is 0. The highest BCUT2D eigenvalue weighted by molar-refractivity contribution is 5.94. The fourth-order valence-electron chi connectivity index (χ4n) is 1.19. The minimum Gasteiger partial charge on any atom is -0.371 e. The lowest BCUT2D eigenvalue weighted by Crippen LogP contribution is -2.40. The third kappa shape index (κ3) is 1.73. The molecule has 0 unspecified atom stereocenters. The zero-order valence-corrected chi connectivity index (χ0v) is 7.03. The Morgan fingerprint density at radius 1 is 1.45 bits per heavy atom. The van der Waals surface area contributed by atoms with Crippen LogP contribution in [-0.2, 0) is 4.79 Å². The molecule has 0 bridgehead atoms. The average molecular weight is 154 g/mol. The van der Waals surface area contributed by atoms with Crippen molar-refractivity contribution < 1.29 is 4.79 Å². The third-order valence-electron chi connectivity index (χ3n) is 1.83. The summed E-state index contributed by atoms with van der Waals surface area (Å²) in [5, 5.41) is 5.83. The topological polar surface area (TPSA) is 41.1 Å². The molecule has 0 spiro atoms. The van der Waals surface area contributed by atoms with E-state index in [-0.39, 0.29) is 5.91 Å². The van der Waals surface area contributed by atoms with Crippen LogP contribution in [0.1, 0.15) is 26.7 Å². The molecular formula is C8H14N2O. The van der Waals surface area contributed by atoms with Crippen molar-refractivity contribution in [3.63, 3.8) is 0 Å². The summed E-state index contributed by atoms with van der Waals surface area (Å²) in [6, 6.07) is 0. The van der Waals surface area contributed by atoms with Gasteiger partial charge in [0.2, 0.25) is 5.91 Å². The quantitative estimate of drug-likeness (QED) is 0.616. The first-order chi connectivity index (χ1) is 5.25. The van der Waals surface area contributed by atoms with Gasteiger partial charge in [-0.1, -0.05) is 13.3 Å². The van der Waals surface area contributed by atoms with Crippen molar-refractivity contribution in [1.29, 1.82) is 0 Å². The largest absolute Gasteiger partial charge is 0.371 e. The first kappa shape index (κ1) is 8.11. The maximum atomic E-state index is 11.2. The zero-order chi connectivity index (χ0) is 8.27. The predicted octanol–water partition coefficient (Wildman–Crippen LogP) is 0.737. The van der Waals surface area contributed by atoms with E-state index in [0.29, 0.717) is 6.67 Å². The summed E-state index contributed by atoms with van der Waals surface area (Å²) in [6.45, 7) is 4.59. The summed E-state index contributed by atoms with van der Waals surface area (Å²) < 4.78 is 0. The van der Waals surface area contributed by atoms with E-state index in [4.69, 9.17) is 0 Å². The van der Waals surface area contributed by atoms with Gasteiger partial charge in [0.25, 0.3) is 0 Å². The highest BCUT2D eigenvalue weighted by Gasteiger charge is 2.14. The molecule has 3 heteroatoms. The van der Waals surface area contributed by atoms with Gasteiger partial charge in [-0.2, -0.15) is 0 Å². The van der Waals surface area contributed by atoms with Crippen LogP contribution in [0.2, 0.25) is 0 Å². The molecule has 0 aromatic heterocycles.